The van der Waals surface area contributed by atoms with Crippen LogP contribution in [0.5, 0.6) is 0 Å². The minimum Gasteiger partial charge on any atom is -0.398 e. The van der Waals surface area contributed by atoms with Crippen LogP contribution in [0.1, 0.15) is 12.0 Å². The van der Waals surface area contributed by atoms with E-state index in [1.165, 1.54) is 0 Å². The Morgan fingerprint density at radius 1 is 1.40 bits per heavy atom. The zero-order valence-corrected chi connectivity index (χ0v) is 7.93. The summed E-state index contributed by atoms with van der Waals surface area (Å²) in [6.07, 6.45) is -3.17. The molecule has 0 atom stereocenters. The molecule has 15 heavy (non-hydrogen) atoms. The predicted molar refractivity (Wildman–Crippen MR) is 44.9 cm³/mol. The summed E-state index contributed by atoms with van der Waals surface area (Å²) >= 11 is 0. The lowest BCUT2D eigenvalue weighted by Crippen LogP contribution is -2.16. The fraction of sp³-hybridized carbons (Fsp3) is 0.167. The largest absolute Gasteiger partial charge is 0.398 e. The van der Waals surface area contributed by atoms with Gasteiger partial charge in [0.15, 0.2) is 5.03 Å². The molecule has 4 N–H and O–H groups in total. The van der Waals surface area contributed by atoms with Crippen LogP contribution in [-0.2, 0) is 10.0 Å². The van der Waals surface area contributed by atoms with Crippen LogP contribution in [0.15, 0.2) is 11.1 Å². The Bertz CT molecular complexity index is 465. The van der Waals surface area contributed by atoms with E-state index in [1.54, 1.807) is 0 Å². The Morgan fingerprint density at radius 2 is 1.93 bits per heavy atom. The van der Waals surface area contributed by atoms with Gasteiger partial charge in [0.05, 0.1) is 5.56 Å². The molecule has 84 valence electrons. The number of nitrogens with two attached hydrogens (primary N) is 2. The summed E-state index contributed by atoms with van der Waals surface area (Å²) in [4.78, 5) is 2.79. The zero-order chi connectivity index (χ0) is 11.8. The molecule has 0 aliphatic heterocycles. The first kappa shape index (κ1) is 11.7. The second-order valence-electron chi connectivity index (χ2n) is 2.60. The van der Waals surface area contributed by atoms with Gasteiger partial charge in [0, 0.05) is 11.8 Å². The minimum absolute atomic E-state index is 0.583. The fourth-order valence-electron chi connectivity index (χ4n) is 0.881. The Hall–Kier alpha value is -1.35. The number of halogens is 3. The lowest BCUT2D eigenvalue weighted by Gasteiger charge is -2.06. The monoisotopic (exact) mass is 241 g/mol. The molecule has 0 saturated heterocycles. The number of anilines is 1. The van der Waals surface area contributed by atoms with Gasteiger partial charge in [-0.3, -0.25) is 0 Å². The molecule has 0 aliphatic carbocycles. The third-order valence-corrected chi connectivity index (χ3v) is 2.32. The van der Waals surface area contributed by atoms with Crippen molar-refractivity contribution in [3.05, 3.63) is 17.6 Å². The normalized spacial score (nSPS) is 12.1. The van der Waals surface area contributed by atoms with Gasteiger partial charge >= 0.3 is 0 Å². The van der Waals surface area contributed by atoms with Gasteiger partial charge in [-0.25, -0.2) is 27.3 Å². The highest BCUT2D eigenvalue weighted by Crippen LogP contribution is 2.27. The average molecular weight is 241 g/mol. The molecular formula is C6H6F3N3O2S. The topological polar surface area (TPSA) is 99.1 Å². The first-order chi connectivity index (χ1) is 6.73. The highest BCUT2D eigenvalue weighted by atomic mass is 32.2. The van der Waals surface area contributed by atoms with E-state index in [4.69, 9.17) is 5.73 Å². The van der Waals surface area contributed by atoms with Crippen molar-refractivity contribution in [3.8, 4) is 0 Å². The van der Waals surface area contributed by atoms with E-state index in [2.05, 4.69) is 10.1 Å². The standard InChI is InChI=1S/C6H6F3N3O2S/c7-5(8)4-2(10)1-3(12-6(4)9)15(11,13)14/h1,5H,(H2,10,12)(H2,11,13,14). The molecular weight excluding hydrogens is 235 g/mol. The smallest absolute Gasteiger partial charge is 0.270 e. The average Bonchev–Trinajstić information content (AvgIpc) is 1.99. The summed E-state index contributed by atoms with van der Waals surface area (Å²) in [5, 5.41) is 3.73. The number of nitrogen functional groups attached to an aromatic ring is 1. The Morgan fingerprint density at radius 3 is 2.27 bits per heavy atom. The third kappa shape index (κ3) is 2.36. The van der Waals surface area contributed by atoms with Crippen molar-refractivity contribution < 1.29 is 21.6 Å². The molecule has 1 rings (SSSR count). The van der Waals surface area contributed by atoms with Gasteiger partial charge in [-0.05, 0) is 0 Å². The molecule has 1 aromatic heterocycles. The van der Waals surface area contributed by atoms with Gasteiger partial charge in [-0.15, -0.1) is 0 Å². The fourth-order valence-corrected chi connectivity index (χ4v) is 1.38. The molecule has 1 aromatic rings. The molecule has 0 radical (unpaired) electrons. The maximum absolute atomic E-state index is 12.9. The highest BCUT2D eigenvalue weighted by molar-refractivity contribution is 7.89. The van der Waals surface area contributed by atoms with E-state index >= 15 is 0 Å². The molecule has 0 aliphatic rings. The quantitative estimate of drug-likeness (QED) is 0.731. The van der Waals surface area contributed by atoms with E-state index in [9.17, 15) is 21.6 Å². The van der Waals surface area contributed by atoms with Crippen LogP contribution in [0.25, 0.3) is 0 Å². The van der Waals surface area contributed by atoms with Crippen LogP contribution in [0, 0.1) is 5.95 Å². The third-order valence-electron chi connectivity index (χ3n) is 1.53. The first-order valence-electron chi connectivity index (χ1n) is 3.50. The van der Waals surface area contributed by atoms with Gasteiger partial charge in [0.25, 0.3) is 16.4 Å². The second-order valence-corrected chi connectivity index (χ2v) is 4.11. The van der Waals surface area contributed by atoms with Crippen LogP contribution in [0.4, 0.5) is 18.9 Å². The van der Waals surface area contributed by atoms with E-state index in [0.717, 1.165) is 0 Å². The summed E-state index contributed by atoms with van der Waals surface area (Å²) in [5.41, 5.74) is 3.20. The number of sulfonamides is 1. The number of pyridine rings is 1. The maximum atomic E-state index is 12.9. The van der Waals surface area contributed by atoms with E-state index in [-0.39, 0.29) is 0 Å². The molecule has 0 spiro atoms. The number of rotatable bonds is 2. The molecule has 5 nitrogen and oxygen atoms in total. The first-order valence-corrected chi connectivity index (χ1v) is 5.05. The minimum atomic E-state index is -4.27. The van der Waals surface area contributed by atoms with Crippen molar-refractivity contribution >= 4 is 15.7 Å². The predicted octanol–water partition coefficient (Wildman–Crippen LogP) is 0.388. The zero-order valence-electron chi connectivity index (χ0n) is 7.12. The molecule has 0 bridgehead atoms. The van der Waals surface area contributed by atoms with Crippen molar-refractivity contribution in [2.45, 2.75) is 11.5 Å². The molecule has 0 fully saturated rings. The van der Waals surface area contributed by atoms with Gasteiger partial charge in [0.2, 0.25) is 5.95 Å². The van der Waals surface area contributed by atoms with Gasteiger partial charge in [-0.2, -0.15) is 4.39 Å². The van der Waals surface area contributed by atoms with E-state index in [0.29, 0.717) is 6.07 Å². The molecule has 1 heterocycles. The molecule has 0 amide bonds. The summed E-state index contributed by atoms with van der Waals surface area (Å²) in [6, 6.07) is 0.583. The number of primary sulfonamides is 1. The highest BCUT2D eigenvalue weighted by Gasteiger charge is 2.22. The molecule has 0 saturated carbocycles. The lowest BCUT2D eigenvalue weighted by atomic mass is 10.2. The van der Waals surface area contributed by atoms with Crippen LogP contribution in [0.3, 0.4) is 0 Å². The van der Waals surface area contributed by atoms with Crippen molar-refractivity contribution in [1.82, 2.24) is 4.98 Å². The molecule has 0 unspecified atom stereocenters. The van der Waals surface area contributed by atoms with Crippen LogP contribution >= 0.6 is 0 Å². The summed E-state index contributed by atoms with van der Waals surface area (Å²) in [6.45, 7) is 0. The van der Waals surface area contributed by atoms with Crippen molar-refractivity contribution in [1.29, 1.82) is 0 Å². The van der Waals surface area contributed by atoms with Crippen LogP contribution in [0.2, 0.25) is 0 Å². The Balaban J connectivity index is 3.45. The number of alkyl halides is 2. The van der Waals surface area contributed by atoms with Crippen LogP contribution in [-0.4, -0.2) is 13.4 Å². The SMILES string of the molecule is Nc1cc(S(N)(=O)=O)nc(F)c1C(F)F. The summed E-state index contributed by atoms with van der Waals surface area (Å²) < 4.78 is 58.7. The number of nitrogens with zero attached hydrogens (tertiary/aromatic N) is 1. The van der Waals surface area contributed by atoms with Crippen molar-refractivity contribution in [2.75, 3.05) is 5.73 Å². The van der Waals surface area contributed by atoms with Gasteiger partial charge in [0.1, 0.15) is 0 Å². The van der Waals surface area contributed by atoms with Gasteiger partial charge in [-0.1, -0.05) is 0 Å². The number of aromatic nitrogens is 1. The summed E-state index contributed by atoms with van der Waals surface area (Å²) in [5.74, 6) is -1.64. The Kier molecular flexibility index (Phi) is 2.86. The lowest BCUT2D eigenvalue weighted by molar-refractivity contribution is 0.146. The summed E-state index contributed by atoms with van der Waals surface area (Å²) in [7, 11) is -4.27. The molecule has 0 aromatic carbocycles. The number of hydrogen-bond acceptors (Lipinski definition) is 4. The van der Waals surface area contributed by atoms with E-state index in [1.807, 2.05) is 0 Å². The Labute approximate surface area is 83.0 Å². The van der Waals surface area contributed by atoms with Crippen molar-refractivity contribution in [3.63, 3.8) is 0 Å². The van der Waals surface area contributed by atoms with Crippen LogP contribution < -0.4 is 10.9 Å². The number of hydrogen-bond donors (Lipinski definition) is 2. The van der Waals surface area contributed by atoms with Gasteiger partial charge < -0.3 is 5.73 Å². The van der Waals surface area contributed by atoms with E-state index < -0.39 is 38.7 Å². The second kappa shape index (κ2) is 3.66. The van der Waals surface area contributed by atoms with Crippen molar-refractivity contribution in [2.24, 2.45) is 5.14 Å². The maximum Gasteiger partial charge on any atom is 0.270 e. The molecule has 9 heteroatoms.